The fourth-order valence-corrected chi connectivity index (χ4v) is 3.52. The molecular weight excluding hydrogens is 270 g/mol. The van der Waals surface area contributed by atoms with E-state index in [-0.39, 0.29) is 29.6 Å². The van der Waals surface area contributed by atoms with Crippen LogP contribution in [0.4, 0.5) is 0 Å². The quantitative estimate of drug-likeness (QED) is 0.410. The van der Waals surface area contributed by atoms with E-state index in [0.29, 0.717) is 25.5 Å². The van der Waals surface area contributed by atoms with Crippen molar-refractivity contribution in [1.82, 2.24) is 4.90 Å². The molecule has 2 atom stereocenters. The van der Waals surface area contributed by atoms with Crippen LogP contribution >= 0.6 is 0 Å². The van der Waals surface area contributed by atoms with E-state index in [4.69, 9.17) is 4.74 Å². The molecule has 2 fully saturated rings. The minimum Gasteiger partial charge on any atom is -0.466 e. The van der Waals surface area contributed by atoms with E-state index in [1.807, 2.05) is 0 Å². The molecule has 0 bridgehead atoms. The third kappa shape index (κ3) is 3.63. The van der Waals surface area contributed by atoms with E-state index < -0.39 is 0 Å². The van der Waals surface area contributed by atoms with Crippen LogP contribution in [0.5, 0.6) is 0 Å². The summed E-state index contributed by atoms with van der Waals surface area (Å²) in [6.07, 6.45) is 4.48. The maximum Gasteiger partial charge on any atom is 0.305 e. The molecule has 1 heterocycles. The number of likely N-dealkylation sites (tertiary alicyclic amines) is 1. The maximum atomic E-state index is 12.2. The Labute approximate surface area is 126 Å². The average Bonchev–Trinajstić information content (AvgIpc) is 2.91. The molecule has 1 aliphatic heterocycles. The third-order valence-corrected chi connectivity index (χ3v) is 4.53. The Morgan fingerprint density at radius 1 is 1.14 bits per heavy atom. The van der Waals surface area contributed by atoms with Gasteiger partial charge in [-0.2, -0.15) is 0 Å². The van der Waals surface area contributed by atoms with Gasteiger partial charge < -0.3 is 4.74 Å². The highest BCUT2D eigenvalue weighted by molar-refractivity contribution is 6.05. The van der Waals surface area contributed by atoms with Gasteiger partial charge in [0.15, 0.2) is 0 Å². The van der Waals surface area contributed by atoms with Crippen LogP contribution in [0.1, 0.15) is 52.4 Å². The van der Waals surface area contributed by atoms with Gasteiger partial charge in [-0.1, -0.05) is 13.3 Å². The van der Waals surface area contributed by atoms with Crippen LogP contribution in [0, 0.1) is 17.8 Å². The molecule has 118 valence electrons. The Balaban J connectivity index is 1.69. The summed E-state index contributed by atoms with van der Waals surface area (Å²) in [6.45, 7) is 4.82. The SMILES string of the molecule is CCOC(=O)CCCCCN1C(=O)C2CC(C)CC2C1=O. The van der Waals surface area contributed by atoms with Crippen molar-refractivity contribution in [3.63, 3.8) is 0 Å². The molecule has 5 heteroatoms. The molecule has 0 aromatic heterocycles. The molecule has 2 amide bonds. The molecule has 1 aliphatic carbocycles. The third-order valence-electron chi connectivity index (χ3n) is 4.53. The number of rotatable bonds is 7. The number of hydrogen-bond acceptors (Lipinski definition) is 4. The van der Waals surface area contributed by atoms with Crippen molar-refractivity contribution in [2.75, 3.05) is 13.2 Å². The molecule has 2 aliphatic rings. The first-order valence-corrected chi connectivity index (χ1v) is 8.05. The van der Waals surface area contributed by atoms with Gasteiger partial charge in [-0.25, -0.2) is 0 Å². The molecule has 0 aromatic rings. The van der Waals surface area contributed by atoms with Crippen molar-refractivity contribution in [3.8, 4) is 0 Å². The Kier molecular flexibility index (Phi) is 5.37. The van der Waals surface area contributed by atoms with Gasteiger partial charge >= 0.3 is 5.97 Å². The molecule has 0 spiro atoms. The first-order valence-electron chi connectivity index (χ1n) is 8.05. The lowest BCUT2D eigenvalue weighted by atomic mass is 10.00. The summed E-state index contributed by atoms with van der Waals surface area (Å²) in [5.41, 5.74) is 0. The molecule has 2 unspecified atom stereocenters. The fourth-order valence-electron chi connectivity index (χ4n) is 3.52. The van der Waals surface area contributed by atoms with Gasteiger partial charge in [0.2, 0.25) is 11.8 Å². The number of imide groups is 1. The second kappa shape index (κ2) is 7.05. The molecule has 5 nitrogen and oxygen atoms in total. The zero-order chi connectivity index (χ0) is 15.4. The van der Waals surface area contributed by atoms with Gasteiger partial charge in [0.05, 0.1) is 18.4 Å². The zero-order valence-electron chi connectivity index (χ0n) is 13.0. The summed E-state index contributed by atoms with van der Waals surface area (Å²) in [7, 11) is 0. The number of hydrogen-bond donors (Lipinski definition) is 0. The molecule has 1 saturated heterocycles. The lowest BCUT2D eigenvalue weighted by Gasteiger charge is -2.16. The Bertz CT molecular complexity index is 397. The standard InChI is InChI=1S/C16H25NO4/c1-3-21-14(18)7-5-4-6-8-17-15(19)12-9-11(2)10-13(12)16(17)20/h11-13H,3-10H2,1-2H3. The van der Waals surface area contributed by atoms with Crippen LogP contribution in [0.25, 0.3) is 0 Å². The van der Waals surface area contributed by atoms with E-state index in [0.717, 1.165) is 32.1 Å². The summed E-state index contributed by atoms with van der Waals surface area (Å²) >= 11 is 0. The van der Waals surface area contributed by atoms with Crippen molar-refractivity contribution in [1.29, 1.82) is 0 Å². The van der Waals surface area contributed by atoms with E-state index in [1.165, 1.54) is 4.90 Å². The van der Waals surface area contributed by atoms with Crippen LogP contribution in [-0.2, 0) is 19.1 Å². The summed E-state index contributed by atoms with van der Waals surface area (Å²) < 4.78 is 4.86. The second-order valence-corrected chi connectivity index (χ2v) is 6.23. The van der Waals surface area contributed by atoms with Crippen LogP contribution in [0.3, 0.4) is 0 Å². The van der Waals surface area contributed by atoms with Crippen molar-refractivity contribution < 1.29 is 19.1 Å². The van der Waals surface area contributed by atoms with Crippen LogP contribution in [0.2, 0.25) is 0 Å². The van der Waals surface area contributed by atoms with E-state index in [2.05, 4.69) is 6.92 Å². The lowest BCUT2D eigenvalue weighted by Crippen LogP contribution is -2.33. The Hall–Kier alpha value is -1.39. The summed E-state index contributed by atoms with van der Waals surface area (Å²) in [6, 6.07) is 0. The second-order valence-electron chi connectivity index (χ2n) is 6.23. The number of unbranched alkanes of at least 4 members (excludes halogenated alkanes) is 2. The van der Waals surface area contributed by atoms with Crippen LogP contribution in [0.15, 0.2) is 0 Å². The van der Waals surface area contributed by atoms with Crippen molar-refractivity contribution >= 4 is 17.8 Å². The Morgan fingerprint density at radius 3 is 2.33 bits per heavy atom. The molecule has 1 saturated carbocycles. The summed E-state index contributed by atoms with van der Waals surface area (Å²) in [5, 5.41) is 0. The predicted octanol–water partition coefficient (Wildman–Crippen LogP) is 2.14. The molecule has 0 N–H and O–H groups in total. The average molecular weight is 295 g/mol. The van der Waals surface area contributed by atoms with Crippen molar-refractivity contribution in [2.45, 2.75) is 52.4 Å². The highest BCUT2D eigenvalue weighted by Gasteiger charge is 2.51. The summed E-state index contributed by atoms with van der Waals surface area (Å²) in [4.78, 5) is 37.1. The minimum atomic E-state index is -0.172. The maximum absolute atomic E-state index is 12.2. The number of carbonyl (C=O) groups is 3. The van der Waals surface area contributed by atoms with E-state index >= 15 is 0 Å². The number of nitrogens with zero attached hydrogens (tertiary/aromatic N) is 1. The molecule has 2 rings (SSSR count). The molecule has 0 aromatic carbocycles. The monoisotopic (exact) mass is 295 g/mol. The van der Waals surface area contributed by atoms with E-state index in [9.17, 15) is 14.4 Å². The number of fused-ring (bicyclic) bond motifs is 1. The first-order chi connectivity index (χ1) is 10.0. The normalized spacial score (nSPS) is 28.1. The number of esters is 1. The topological polar surface area (TPSA) is 63.7 Å². The van der Waals surface area contributed by atoms with Gasteiger partial charge in [0.25, 0.3) is 0 Å². The smallest absolute Gasteiger partial charge is 0.305 e. The minimum absolute atomic E-state index is 0.0275. The Morgan fingerprint density at radius 2 is 1.76 bits per heavy atom. The summed E-state index contributed by atoms with van der Waals surface area (Å²) in [5.74, 6) is 0.243. The van der Waals surface area contributed by atoms with Gasteiger partial charge in [-0.15, -0.1) is 0 Å². The molecular formula is C16H25NO4. The lowest BCUT2D eigenvalue weighted by molar-refractivity contribution is -0.144. The van der Waals surface area contributed by atoms with Gasteiger partial charge in [0.1, 0.15) is 0 Å². The van der Waals surface area contributed by atoms with Crippen molar-refractivity contribution in [3.05, 3.63) is 0 Å². The van der Waals surface area contributed by atoms with Gasteiger partial charge in [-0.05, 0) is 38.5 Å². The number of ether oxygens (including phenoxy) is 1. The van der Waals surface area contributed by atoms with Gasteiger partial charge in [0, 0.05) is 13.0 Å². The van der Waals surface area contributed by atoms with Crippen LogP contribution < -0.4 is 0 Å². The zero-order valence-corrected chi connectivity index (χ0v) is 13.0. The highest BCUT2D eigenvalue weighted by atomic mass is 16.5. The van der Waals surface area contributed by atoms with E-state index in [1.54, 1.807) is 6.92 Å². The predicted molar refractivity (Wildman–Crippen MR) is 77.2 cm³/mol. The fraction of sp³-hybridized carbons (Fsp3) is 0.812. The number of carbonyl (C=O) groups excluding carboxylic acids is 3. The van der Waals surface area contributed by atoms with Crippen molar-refractivity contribution in [2.24, 2.45) is 17.8 Å². The van der Waals surface area contributed by atoms with Gasteiger partial charge in [-0.3, -0.25) is 19.3 Å². The highest BCUT2D eigenvalue weighted by Crippen LogP contribution is 2.42. The van der Waals surface area contributed by atoms with Crippen LogP contribution in [-0.4, -0.2) is 35.8 Å². The molecule has 0 radical (unpaired) electrons. The molecule has 21 heavy (non-hydrogen) atoms. The largest absolute Gasteiger partial charge is 0.466 e. The number of amides is 2. The first kappa shape index (κ1) is 16.0.